The summed E-state index contributed by atoms with van der Waals surface area (Å²) in [5, 5.41) is 0. The molecule has 0 amide bonds. The van der Waals surface area contributed by atoms with Crippen LogP contribution in [0, 0.1) is 31.3 Å². The number of imidazole rings is 1. The van der Waals surface area contributed by atoms with Crippen LogP contribution in [0.4, 0.5) is 0 Å². The van der Waals surface area contributed by atoms with Gasteiger partial charge in [-0.1, -0.05) is 81.4 Å². The maximum Gasteiger partial charge on any atom is 0.0774 e. The fourth-order valence-corrected chi connectivity index (χ4v) is 5.24. The van der Waals surface area contributed by atoms with Crippen molar-refractivity contribution in [3.63, 3.8) is 0 Å². The normalized spacial score (nSPS) is 14.4. The van der Waals surface area contributed by atoms with Crippen LogP contribution in [0.1, 0.15) is 48.4 Å². The summed E-state index contributed by atoms with van der Waals surface area (Å²) in [4.78, 5) is 9.10. The van der Waals surface area contributed by atoms with Crippen molar-refractivity contribution in [2.45, 2.75) is 40.8 Å². The molecule has 7 rings (SSSR count). The number of para-hydroxylation sites is 3. The van der Waals surface area contributed by atoms with Crippen molar-refractivity contribution in [2.24, 2.45) is 5.41 Å². The molecule has 0 atom stereocenters. The van der Waals surface area contributed by atoms with Gasteiger partial charge >= 0.3 is 0 Å². The molecule has 0 bridgehead atoms. The topological polar surface area (TPSA) is 30.7 Å². The molecule has 0 N–H and O–H groups in total. The van der Waals surface area contributed by atoms with Gasteiger partial charge in [0.2, 0.25) is 0 Å². The van der Waals surface area contributed by atoms with E-state index >= 15 is 0 Å². The third-order valence-electron chi connectivity index (χ3n) is 7.25. The van der Waals surface area contributed by atoms with Gasteiger partial charge in [0.05, 0.1) is 16.9 Å². The molecule has 0 aliphatic rings. The second-order valence-corrected chi connectivity index (χ2v) is 11.9. The smallest absolute Gasteiger partial charge is 0.0774 e. The standard InChI is InChI=1S/C22H22N.C21H17N2.Ir/c1-22(2,3)16-17-9-11-18(12-10-17)20-13-14-23-21(15-20)19-7-5-4-6-8-19;1-15-9-8-10-16(2)20(15)23-19-14-7-6-13-18(19)22-21(23)17-11-4-3-5-12-17;/h4-7,9-15H,16H2,1-3H3;3-11,13-14H,1-2H3;/q2*-1;/i16D2;1D3,2D3;. The molecule has 3 nitrogen and oxygen atoms in total. The second kappa shape index (κ2) is 14.9. The molecule has 0 aliphatic heterocycles. The summed E-state index contributed by atoms with van der Waals surface area (Å²) in [5.41, 5.74) is 6.15. The fraction of sp³-hybridized carbons (Fsp3) is 0.163. The van der Waals surface area contributed by atoms with Gasteiger partial charge in [-0.25, -0.2) is 0 Å². The largest absolute Gasteiger partial charge is 0.333 e. The van der Waals surface area contributed by atoms with E-state index in [1.807, 2.05) is 118 Å². The van der Waals surface area contributed by atoms with Crippen molar-refractivity contribution in [1.82, 2.24) is 14.5 Å². The minimum Gasteiger partial charge on any atom is -0.333 e. The van der Waals surface area contributed by atoms with Gasteiger partial charge < -0.3 is 9.55 Å². The molecule has 0 fully saturated rings. The predicted molar refractivity (Wildman–Crippen MR) is 192 cm³/mol. The predicted octanol–water partition coefficient (Wildman–Crippen LogP) is 10.9. The van der Waals surface area contributed by atoms with Crippen LogP contribution in [0.15, 0.2) is 134 Å². The molecule has 1 radical (unpaired) electrons. The third kappa shape index (κ3) is 8.03. The molecule has 7 aromatic rings. The van der Waals surface area contributed by atoms with E-state index in [1.165, 1.54) is 18.2 Å². The number of benzene rings is 5. The van der Waals surface area contributed by atoms with Crippen LogP contribution in [-0.2, 0) is 26.5 Å². The van der Waals surface area contributed by atoms with E-state index in [9.17, 15) is 0 Å². The molecule has 4 heteroatoms. The van der Waals surface area contributed by atoms with Crippen LogP contribution >= 0.6 is 0 Å². The minimum absolute atomic E-state index is 0. The first-order chi connectivity index (χ1) is 25.5. The van der Waals surface area contributed by atoms with Crippen molar-refractivity contribution < 1.29 is 31.1 Å². The maximum absolute atomic E-state index is 8.39. The van der Waals surface area contributed by atoms with Crippen LogP contribution < -0.4 is 0 Å². The Hall–Kier alpha value is -4.63. The van der Waals surface area contributed by atoms with E-state index in [1.54, 1.807) is 22.9 Å². The Bertz CT molecular complexity index is 2330. The van der Waals surface area contributed by atoms with Gasteiger partial charge in [0.25, 0.3) is 0 Å². The summed E-state index contributed by atoms with van der Waals surface area (Å²) in [6.07, 6.45) is 0.418. The quantitative estimate of drug-likeness (QED) is 0.162. The van der Waals surface area contributed by atoms with Crippen molar-refractivity contribution in [3.05, 3.63) is 162 Å². The first kappa shape index (κ1) is 24.5. The molecular weight excluding hydrogens is 751 g/mol. The van der Waals surface area contributed by atoms with Gasteiger partial charge in [-0.2, -0.15) is 0 Å². The summed E-state index contributed by atoms with van der Waals surface area (Å²) in [6, 6.07) is 44.7. The third-order valence-corrected chi connectivity index (χ3v) is 7.25. The average Bonchev–Trinajstić information content (AvgIpc) is 3.54. The van der Waals surface area contributed by atoms with Crippen LogP contribution in [0.5, 0.6) is 0 Å². The Labute approximate surface area is 304 Å². The summed E-state index contributed by atoms with van der Waals surface area (Å²) in [7, 11) is 0. The summed E-state index contributed by atoms with van der Waals surface area (Å²) >= 11 is 0. The molecular formula is C43H39IrN3-2. The fourth-order valence-electron chi connectivity index (χ4n) is 5.24. The number of nitrogens with zero attached hydrogens (tertiary/aromatic N) is 3. The SMILES string of the molecule is [2H]C([2H])([2H])c1cccc(C([2H])([2H])[2H])c1-n1c(-c2[c-]cccc2)nc2ccccc21.[2H]C([2H])(c1ccc(-c2ccnc(-c3[c-]cccc3)c2)cc1)C(C)(C)C.[Ir]. The second-order valence-electron chi connectivity index (χ2n) is 11.9. The Balaban J connectivity index is 0.000000210. The Morgan fingerprint density at radius 2 is 1.38 bits per heavy atom. The maximum atomic E-state index is 8.39. The summed E-state index contributed by atoms with van der Waals surface area (Å²) in [5.74, 6) is 0.439. The molecule has 0 unspecified atom stereocenters. The van der Waals surface area contributed by atoms with Crippen LogP contribution in [0.25, 0.3) is 50.5 Å². The number of aromatic nitrogens is 3. The number of hydrogen-bond acceptors (Lipinski definition) is 2. The molecule has 0 aliphatic carbocycles. The zero-order valence-corrected chi connectivity index (χ0v) is 28.8. The molecule has 237 valence electrons. The zero-order valence-electron chi connectivity index (χ0n) is 34.4. The van der Waals surface area contributed by atoms with Crippen LogP contribution in [0.3, 0.4) is 0 Å². The monoisotopic (exact) mass is 798 g/mol. The number of pyridine rings is 1. The van der Waals surface area contributed by atoms with Gasteiger partial charge in [-0.15, -0.1) is 71.8 Å². The van der Waals surface area contributed by atoms with Crippen molar-refractivity contribution in [1.29, 1.82) is 0 Å². The Morgan fingerprint density at radius 3 is 2.02 bits per heavy atom. The molecule has 0 saturated carbocycles. The molecule has 2 aromatic heterocycles. The molecule has 0 saturated heterocycles. The first-order valence-corrected chi connectivity index (χ1v) is 15.1. The number of rotatable bonds is 5. The van der Waals surface area contributed by atoms with E-state index in [2.05, 4.69) is 22.1 Å². The molecule has 0 spiro atoms. The van der Waals surface area contributed by atoms with Crippen molar-refractivity contribution >= 4 is 11.0 Å². The van der Waals surface area contributed by atoms with Crippen molar-refractivity contribution in [3.8, 4) is 39.5 Å². The Morgan fingerprint density at radius 1 is 0.723 bits per heavy atom. The molecule has 47 heavy (non-hydrogen) atoms. The zero-order chi connectivity index (χ0) is 38.9. The van der Waals surface area contributed by atoms with E-state index in [-0.39, 0.29) is 36.9 Å². The minimum atomic E-state index is -2.50. The van der Waals surface area contributed by atoms with Crippen LogP contribution in [-0.4, -0.2) is 14.5 Å². The summed E-state index contributed by atoms with van der Waals surface area (Å²) in [6.45, 7) is 0.768. The van der Waals surface area contributed by atoms with Gasteiger partial charge in [-0.05, 0) is 77.2 Å². The van der Waals surface area contributed by atoms with E-state index < -0.39 is 25.5 Å². The van der Waals surface area contributed by atoms with Gasteiger partial charge in [0, 0.05) is 43.0 Å². The van der Waals surface area contributed by atoms with Crippen LogP contribution in [0.2, 0.25) is 0 Å². The average molecular weight is 798 g/mol. The van der Waals surface area contributed by atoms with Crippen molar-refractivity contribution in [2.75, 3.05) is 0 Å². The first-order valence-electron chi connectivity index (χ1n) is 19.1. The Kier molecular flexibility index (Phi) is 7.75. The number of fused-ring (bicyclic) bond motifs is 1. The van der Waals surface area contributed by atoms with Gasteiger partial charge in [0.1, 0.15) is 0 Å². The summed E-state index contributed by atoms with van der Waals surface area (Å²) < 4.78 is 66.5. The number of aryl methyl sites for hydroxylation is 2. The molecule has 2 heterocycles. The molecule has 5 aromatic carbocycles. The van der Waals surface area contributed by atoms with E-state index in [0.717, 1.165) is 22.4 Å². The number of hydrogen-bond donors (Lipinski definition) is 0. The van der Waals surface area contributed by atoms with Gasteiger partial charge in [0.15, 0.2) is 0 Å². The van der Waals surface area contributed by atoms with Gasteiger partial charge in [-0.3, -0.25) is 4.98 Å². The van der Waals surface area contributed by atoms with E-state index in [4.69, 9.17) is 11.0 Å². The van der Waals surface area contributed by atoms with E-state index in [0.29, 0.717) is 28.0 Å².